The number of nitrogens with two attached hydrogens (primary N) is 1. The number of phenolic OH excluding ortho intramolecular Hbond substituents is 3. The molecule has 129 heavy (non-hydrogen) atoms. The molecule has 0 radical (unpaired) electrons. The third kappa shape index (κ3) is 30.5. The van der Waals surface area contributed by atoms with Crippen molar-refractivity contribution in [2.24, 2.45) is 29.4 Å². The van der Waals surface area contributed by atoms with Gasteiger partial charge >= 0.3 is 0 Å². The van der Waals surface area contributed by atoms with E-state index in [-0.39, 0.29) is 86.8 Å². The Hall–Kier alpha value is -13.3. The van der Waals surface area contributed by atoms with E-state index in [9.17, 15) is 53.7 Å². The first-order valence-corrected chi connectivity index (χ1v) is 44.1. The number of aromatic amines is 2. The van der Waals surface area contributed by atoms with E-state index in [4.69, 9.17) is 10.5 Å². The number of carbonyl (C=O) groups excluding carboxylic acids is 16. The van der Waals surface area contributed by atoms with E-state index >= 15 is 38.4 Å². The Morgan fingerprint density at radius 2 is 1.06 bits per heavy atom. The summed E-state index contributed by atoms with van der Waals surface area (Å²) in [6, 6.07) is 19.7. The number of fused-ring (bicyclic) bond motifs is 1. The number of amides is 12. The maximum atomic E-state index is 15.6. The predicted molar refractivity (Wildman–Crippen MR) is 479 cm³/mol. The van der Waals surface area contributed by atoms with Crippen molar-refractivity contribution in [3.8, 4) is 17.2 Å². The number of aromatic hydroxyl groups is 3. The van der Waals surface area contributed by atoms with Crippen molar-refractivity contribution in [3.05, 3.63) is 180 Å². The van der Waals surface area contributed by atoms with Crippen LogP contribution in [0.1, 0.15) is 119 Å². The number of aromatic nitrogens is 3. The Labute approximate surface area is 753 Å². The van der Waals surface area contributed by atoms with Crippen LogP contribution in [0.4, 0.5) is 0 Å². The van der Waals surface area contributed by atoms with Gasteiger partial charge in [0.2, 0.25) is 70.9 Å². The standard InChI is InChI=1S/C93H119N15O20S/c1-11-12-22-77-92(126)104(6)48-67(113)42-62(50-128-54-109)81(115)45-69(56(4)5)89(123)107(9)78(44-63-47-95-53-97-63)88(122)102-74(40-59-25-31-65(111)32-26-59)90(124)105(7)49-83(117)98-73(43-61-46-96-70-21-17-16-20-68(61)70)87(121)101-72(38-58-23-29-64(110)30-24-58)86(120)100-71(37-55(2)3)85(119)103-76(80(114)35-36-82(94)116)51-129-52-84(118)99-75(39-57-18-14-13-15-19-57)91(125)108(10)79(93(127)106(77)8)41-60-27-33-66(112)34-28-60/h13-21,23-34,46-47,53-56,62,69,71-79,96,110-112H,11-12,22,35-45,48-52H2,1-10H3,(H2,94,116)(H,95,97)(H,98,117)(H,99,118)(H,100,120)(H,101,121)(H,102,122)(H,103,119)/t62-,69-,71-,72-,73-,74-,75-,76-,77-,78-,79-/m0/s1. The molecule has 7 aromatic rings. The minimum Gasteiger partial charge on any atom is -0.508 e. The lowest BCUT2D eigenvalue weighted by Crippen LogP contribution is -2.59. The maximum Gasteiger partial charge on any atom is 0.293 e. The number of ketones is 3. The zero-order chi connectivity index (χ0) is 94.3. The SMILES string of the molecule is CCCC[C@H]1C(=O)N(C)CC(=O)C[C@@H](COC=O)C(=O)C[C@@H](C(C)C)C(=O)N(C)[C@@H](Cc2cnc[nH]2)C(=O)N[C@@H](Cc2ccc(O)cc2)C(=O)N(C)CC(=O)N[C@@H](Cc2c[nH]c3ccccc23)C(=O)N[C@@H](Cc2ccc(O)cc2)C(=O)N[C@@H](CC(C)C)C(=O)N[C@H](C(=O)CCC(N)=O)CSCC(=O)N[C@@H](Cc2ccccc2)C(=O)N(C)[C@@H](Cc2ccc(O)cc2)C(=O)N1C. The predicted octanol–water partition coefficient (Wildman–Crippen LogP) is 3.87. The summed E-state index contributed by atoms with van der Waals surface area (Å²) in [5.74, 6) is -17.0. The largest absolute Gasteiger partial charge is 0.508 e. The van der Waals surface area contributed by atoms with Gasteiger partial charge in [-0.3, -0.25) is 76.7 Å². The lowest BCUT2D eigenvalue weighted by molar-refractivity contribution is -0.151. The Morgan fingerprint density at radius 3 is 1.64 bits per heavy atom. The molecule has 0 unspecified atom stereocenters. The molecule has 0 saturated carbocycles. The lowest BCUT2D eigenvalue weighted by Gasteiger charge is -2.37. The molecule has 12 amide bonds. The Bertz CT molecular complexity index is 5030. The Kier molecular flexibility index (Phi) is 38.5. The number of imidazole rings is 1. The summed E-state index contributed by atoms with van der Waals surface area (Å²) >= 11 is 0.860. The van der Waals surface area contributed by atoms with Crippen LogP contribution in [-0.2, 0) is 120 Å². The first-order valence-electron chi connectivity index (χ1n) is 42.9. The van der Waals surface area contributed by atoms with Gasteiger partial charge in [0.05, 0.1) is 37.1 Å². The van der Waals surface area contributed by atoms with E-state index in [0.29, 0.717) is 57.3 Å². The summed E-state index contributed by atoms with van der Waals surface area (Å²) in [4.78, 5) is 250. The highest BCUT2D eigenvalue weighted by atomic mass is 32.2. The summed E-state index contributed by atoms with van der Waals surface area (Å²) in [7, 11) is 6.64. The molecular weight excluding hydrogens is 1680 g/mol. The van der Waals surface area contributed by atoms with E-state index in [2.05, 4.69) is 46.9 Å². The Morgan fingerprint density at radius 1 is 0.535 bits per heavy atom. The summed E-state index contributed by atoms with van der Waals surface area (Å²) < 4.78 is 5.13. The average molecular weight is 1800 g/mol. The molecule has 0 spiro atoms. The smallest absolute Gasteiger partial charge is 0.293 e. The number of para-hydroxylation sites is 1. The first kappa shape index (κ1) is 101. The van der Waals surface area contributed by atoms with Crippen LogP contribution in [0.2, 0.25) is 0 Å². The number of likely N-dealkylation sites (N-methyl/N-ethyl adjacent to an activating group) is 5. The summed E-state index contributed by atoms with van der Waals surface area (Å²) in [6.45, 7) is 6.70. The number of nitrogens with one attached hydrogen (secondary N) is 8. The molecule has 0 aliphatic carbocycles. The molecule has 0 bridgehead atoms. The van der Waals surface area contributed by atoms with Gasteiger partial charge in [0.25, 0.3) is 6.47 Å². The second kappa shape index (κ2) is 49.2. The topological polar surface area (TPSA) is 502 Å². The number of H-pyrrole nitrogens is 2. The number of rotatable bonds is 25. The summed E-state index contributed by atoms with van der Waals surface area (Å²) in [5.41, 5.74) is 8.90. The van der Waals surface area contributed by atoms with Gasteiger partial charge in [-0.15, -0.1) is 11.8 Å². The van der Waals surface area contributed by atoms with E-state index in [0.717, 1.165) is 31.4 Å². The van der Waals surface area contributed by atoms with Crippen LogP contribution in [0.25, 0.3) is 10.9 Å². The van der Waals surface area contributed by atoms with Crippen LogP contribution in [0.3, 0.4) is 0 Å². The number of nitrogens with zero attached hydrogens (tertiary/aromatic N) is 6. The van der Waals surface area contributed by atoms with Crippen LogP contribution in [0.15, 0.2) is 146 Å². The third-order valence-electron chi connectivity index (χ3n) is 22.7. The van der Waals surface area contributed by atoms with Gasteiger partial charge in [-0.25, -0.2) is 4.98 Å². The quantitative estimate of drug-likeness (QED) is 0.0361. The fraction of sp³-hybridized carbons (Fsp3) is 0.452. The van der Waals surface area contributed by atoms with Crippen LogP contribution in [0.5, 0.6) is 17.2 Å². The number of unbranched alkanes of at least 4 members (excludes halogenated alkanes) is 1. The molecule has 36 heteroatoms. The fourth-order valence-corrected chi connectivity index (χ4v) is 16.2. The summed E-state index contributed by atoms with van der Waals surface area (Å²) in [6.07, 6.45) is 1.74. The van der Waals surface area contributed by atoms with Gasteiger partial charge in [0.1, 0.15) is 78.0 Å². The number of hydrogen-bond acceptors (Lipinski definition) is 22. The zero-order valence-electron chi connectivity index (χ0n) is 74.3. The van der Waals surface area contributed by atoms with Crippen molar-refractivity contribution in [1.29, 1.82) is 0 Å². The molecule has 13 N–H and O–H groups in total. The molecule has 1 aliphatic rings. The van der Waals surface area contributed by atoms with Crippen LogP contribution in [0, 0.1) is 23.7 Å². The van der Waals surface area contributed by atoms with Crippen molar-refractivity contribution in [2.45, 2.75) is 179 Å². The number of phenols is 3. The molecule has 2 aromatic heterocycles. The van der Waals surface area contributed by atoms with E-state index in [1.165, 1.54) is 125 Å². The molecule has 3 heterocycles. The minimum atomic E-state index is -1.59. The fourth-order valence-electron chi connectivity index (χ4n) is 15.3. The van der Waals surface area contributed by atoms with Crippen LogP contribution < -0.4 is 37.6 Å². The molecule has 35 nitrogen and oxygen atoms in total. The number of hydrogen-bond donors (Lipinski definition) is 12. The zero-order valence-corrected chi connectivity index (χ0v) is 75.1. The molecule has 11 atom stereocenters. The van der Waals surface area contributed by atoms with Gasteiger partial charge < -0.3 is 92.2 Å². The maximum absolute atomic E-state index is 15.6. The van der Waals surface area contributed by atoms with Gasteiger partial charge in [0, 0.05) is 140 Å². The van der Waals surface area contributed by atoms with Crippen molar-refractivity contribution in [3.63, 3.8) is 0 Å². The molecule has 1 aliphatic heterocycles. The molecule has 692 valence electrons. The van der Waals surface area contributed by atoms with Crippen molar-refractivity contribution in [2.75, 3.05) is 66.4 Å². The van der Waals surface area contributed by atoms with Gasteiger partial charge in [0.15, 0.2) is 11.6 Å². The average Bonchev–Trinajstić information content (AvgIpc) is 1.37. The number of carbonyl (C=O) groups is 16. The van der Waals surface area contributed by atoms with Gasteiger partial charge in [-0.1, -0.05) is 132 Å². The van der Waals surface area contributed by atoms with E-state index in [1.54, 1.807) is 88.5 Å². The second-order valence-electron chi connectivity index (χ2n) is 33.5. The van der Waals surface area contributed by atoms with Crippen molar-refractivity contribution >= 4 is 117 Å². The second-order valence-corrected chi connectivity index (χ2v) is 34.6. The highest BCUT2D eigenvalue weighted by molar-refractivity contribution is 8.00. The van der Waals surface area contributed by atoms with Crippen LogP contribution in [-0.4, -0.2) is 270 Å². The first-order chi connectivity index (χ1) is 61.4. The van der Waals surface area contributed by atoms with Gasteiger partial charge in [-0.2, -0.15) is 0 Å². The van der Waals surface area contributed by atoms with Crippen molar-refractivity contribution in [1.82, 2.24) is 71.4 Å². The number of Topliss-reactive ketones (excluding diaryl/α,β-unsaturated/α-hetero) is 3. The monoisotopic (exact) mass is 1800 g/mol. The highest BCUT2D eigenvalue weighted by Gasteiger charge is 2.42. The number of benzene rings is 5. The van der Waals surface area contributed by atoms with Crippen LogP contribution >= 0.6 is 11.8 Å². The molecule has 5 aromatic carbocycles. The number of ether oxygens (including phenoxy) is 1. The molecular formula is C93H119N15O20S. The third-order valence-corrected chi connectivity index (χ3v) is 23.8. The van der Waals surface area contributed by atoms with Crippen molar-refractivity contribution < 1.29 is 96.8 Å². The molecule has 1 saturated heterocycles. The number of thioether (sulfide) groups is 1. The van der Waals surface area contributed by atoms with E-state index < -0.39 is 211 Å². The molecule has 1 fully saturated rings. The normalized spacial score (nSPS) is 22.1. The highest BCUT2D eigenvalue weighted by Crippen LogP contribution is 2.28. The van der Waals surface area contributed by atoms with E-state index in [1.807, 2.05) is 6.92 Å². The lowest BCUT2D eigenvalue weighted by atomic mass is 9.84. The Balaban J connectivity index is 1.21. The minimum absolute atomic E-state index is 0.0489. The number of primary amides is 1. The van der Waals surface area contributed by atoms with Gasteiger partial charge in [-0.05, 0) is 95.0 Å². The summed E-state index contributed by atoms with van der Waals surface area (Å²) in [5, 5.41) is 48.4. The molecule has 8 rings (SSSR count).